The highest BCUT2D eigenvalue weighted by Gasteiger charge is 2.24. The zero-order valence-corrected chi connectivity index (χ0v) is 12.3. The first-order chi connectivity index (χ1) is 8.90. The molecule has 0 spiro atoms. The van der Waals surface area contributed by atoms with Gasteiger partial charge in [-0.2, -0.15) is 0 Å². The number of hydrogen-bond donors (Lipinski definition) is 3. The average molecular weight is 290 g/mol. The highest BCUT2D eigenvalue weighted by Crippen LogP contribution is 2.15. The normalized spacial score (nSPS) is 13.9. The van der Waals surface area contributed by atoms with Crippen molar-refractivity contribution >= 4 is 10.0 Å². The summed E-state index contributed by atoms with van der Waals surface area (Å²) in [6, 6.07) is 2.52. The Morgan fingerprint density at radius 1 is 1.37 bits per heavy atom. The lowest BCUT2D eigenvalue weighted by Gasteiger charge is -2.18. The van der Waals surface area contributed by atoms with Gasteiger partial charge in [0.15, 0.2) is 0 Å². The van der Waals surface area contributed by atoms with Gasteiger partial charge in [-0.3, -0.25) is 0 Å². The Labute approximate surface area is 114 Å². The summed E-state index contributed by atoms with van der Waals surface area (Å²) < 4.78 is 31.8. The van der Waals surface area contributed by atoms with E-state index in [0.29, 0.717) is 12.3 Å². The summed E-state index contributed by atoms with van der Waals surface area (Å²) in [6.07, 6.45) is 0. The molecule has 1 heterocycles. The molecular formula is C12H22N2O4S. The van der Waals surface area contributed by atoms with Crippen LogP contribution in [0.15, 0.2) is 21.6 Å². The fourth-order valence-electron chi connectivity index (χ4n) is 1.49. The fraction of sp³-hybridized carbons (Fsp3) is 0.667. The molecule has 0 bridgehead atoms. The van der Waals surface area contributed by atoms with Gasteiger partial charge in [-0.25, -0.2) is 13.1 Å². The topological polar surface area (TPSA) is 91.6 Å². The zero-order valence-electron chi connectivity index (χ0n) is 11.5. The second-order valence-corrected chi connectivity index (χ2v) is 6.30. The summed E-state index contributed by atoms with van der Waals surface area (Å²) in [5, 5.41) is 12.1. The number of hydrogen-bond acceptors (Lipinski definition) is 5. The Balaban J connectivity index is 2.79. The Kier molecular flexibility index (Phi) is 5.99. The second kappa shape index (κ2) is 7.04. The van der Waals surface area contributed by atoms with Crippen LogP contribution in [0.2, 0.25) is 0 Å². The lowest BCUT2D eigenvalue weighted by atomic mass is 10.1. The minimum atomic E-state index is -3.73. The zero-order chi connectivity index (χ0) is 14.5. The first-order valence-corrected chi connectivity index (χ1v) is 7.81. The van der Waals surface area contributed by atoms with Crippen molar-refractivity contribution in [3.8, 4) is 0 Å². The monoisotopic (exact) mass is 290 g/mol. The van der Waals surface area contributed by atoms with Crippen LogP contribution in [0.3, 0.4) is 0 Å². The third-order valence-electron chi connectivity index (χ3n) is 2.76. The van der Waals surface area contributed by atoms with Crippen molar-refractivity contribution in [2.24, 2.45) is 5.92 Å². The SMILES string of the molecule is CCNCc1ccc(S(=O)(=O)N[C@H](CO)C(C)C)o1. The molecule has 19 heavy (non-hydrogen) atoms. The van der Waals surface area contributed by atoms with Crippen molar-refractivity contribution in [2.75, 3.05) is 13.2 Å². The van der Waals surface area contributed by atoms with Crippen LogP contribution in [0.4, 0.5) is 0 Å². The lowest BCUT2D eigenvalue weighted by molar-refractivity contribution is 0.227. The molecular weight excluding hydrogens is 268 g/mol. The molecule has 110 valence electrons. The summed E-state index contributed by atoms with van der Waals surface area (Å²) in [7, 11) is -3.73. The number of sulfonamides is 1. The quantitative estimate of drug-likeness (QED) is 0.655. The Morgan fingerprint density at radius 2 is 2.05 bits per heavy atom. The van der Waals surface area contributed by atoms with Crippen LogP contribution in [0, 0.1) is 5.92 Å². The van der Waals surface area contributed by atoms with Gasteiger partial charge in [0.25, 0.3) is 10.0 Å². The average Bonchev–Trinajstić information content (AvgIpc) is 2.82. The van der Waals surface area contributed by atoms with Crippen LogP contribution < -0.4 is 10.0 Å². The number of aliphatic hydroxyl groups excluding tert-OH is 1. The first kappa shape index (κ1) is 16.2. The molecule has 0 fully saturated rings. The summed E-state index contributed by atoms with van der Waals surface area (Å²) in [5.74, 6) is 0.559. The van der Waals surface area contributed by atoms with E-state index in [9.17, 15) is 8.42 Å². The predicted octanol–water partition coefficient (Wildman–Crippen LogP) is 0.684. The largest absolute Gasteiger partial charge is 0.447 e. The molecule has 0 saturated carbocycles. The lowest BCUT2D eigenvalue weighted by Crippen LogP contribution is -2.40. The van der Waals surface area contributed by atoms with E-state index in [-0.39, 0.29) is 17.6 Å². The smallest absolute Gasteiger partial charge is 0.274 e. The number of furan rings is 1. The van der Waals surface area contributed by atoms with E-state index in [0.717, 1.165) is 6.54 Å². The first-order valence-electron chi connectivity index (χ1n) is 6.33. The van der Waals surface area contributed by atoms with E-state index in [2.05, 4.69) is 10.0 Å². The highest BCUT2D eigenvalue weighted by molar-refractivity contribution is 7.89. The van der Waals surface area contributed by atoms with Crippen molar-refractivity contribution in [1.82, 2.24) is 10.0 Å². The molecule has 3 N–H and O–H groups in total. The summed E-state index contributed by atoms with van der Waals surface area (Å²) in [4.78, 5) is 0. The molecule has 0 aliphatic rings. The van der Waals surface area contributed by atoms with E-state index < -0.39 is 16.1 Å². The fourth-order valence-corrected chi connectivity index (χ4v) is 2.81. The van der Waals surface area contributed by atoms with Gasteiger partial charge in [-0.05, 0) is 24.6 Å². The van der Waals surface area contributed by atoms with E-state index in [1.165, 1.54) is 6.07 Å². The van der Waals surface area contributed by atoms with Crippen molar-refractivity contribution in [1.29, 1.82) is 0 Å². The molecule has 7 heteroatoms. The summed E-state index contributed by atoms with van der Waals surface area (Å²) >= 11 is 0. The summed E-state index contributed by atoms with van der Waals surface area (Å²) in [6.45, 7) is 6.64. The Hall–Kier alpha value is -0.890. The highest BCUT2D eigenvalue weighted by atomic mass is 32.2. The maximum Gasteiger partial charge on any atom is 0.274 e. The molecule has 0 aliphatic heterocycles. The van der Waals surface area contributed by atoms with Gasteiger partial charge in [0.1, 0.15) is 5.76 Å². The third kappa shape index (κ3) is 4.61. The molecule has 0 radical (unpaired) electrons. The van der Waals surface area contributed by atoms with Crippen LogP contribution in [-0.4, -0.2) is 32.7 Å². The van der Waals surface area contributed by atoms with Crippen LogP contribution in [0.1, 0.15) is 26.5 Å². The van der Waals surface area contributed by atoms with Gasteiger partial charge in [-0.1, -0.05) is 20.8 Å². The van der Waals surface area contributed by atoms with Gasteiger partial charge < -0.3 is 14.8 Å². The van der Waals surface area contributed by atoms with Gasteiger partial charge in [0.05, 0.1) is 13.2 Å². The molecule has 1 atom stereocenters. The summed E-state index contributed by atoms with van der Waals surface area (Å²) in [5.41, 5.74) is 0. The minimum absolute atomic E-state index is 0.00374. The number of aliphatic hydroxyl groups is 1. The molecule has 0 saturated heterocycles. The third-order valence-corrected chi connectivity index (χ3v) is 4.12. The van der Waals surface area contributed by atoms with E-state index >= 15 is 0 Å². The minimum Gasteiger partial charge on any atom is -0.447 e. The number of rotatable bonds is 8. The maximum absolute atomic E-state index is 12.1. The van der Waals surface area contributed by atoms with Crippen molar-refractivity contribution in [3.05, 3.63) is 17.9 Å². The van der Waals surface area contributed by atoms with Gasteiger partial charge >= 0.3 is 0 Å². The van der Waals surface area contributed by atoms with Gasteiger partial charge in [-0.15, -0.1) is 0 Å². The number of nitrogens with one attached hydrogen (secondary N) is 2. The van der Waals surface area contributed by atoms with Crippen LogP contribution in [0.25, 0.3) is 0 Å². The van der Waals surface area contributed by atoms with Gasteiger partial charge in [0.2, 0.25) is 5.09 Å². The molecule has 0 aliphatic carbocycles. The van der Waals surface area contributed by atoms with E-state index in [4.69, 9.17) is 9.52 Å². The van der Waals surface area contributed by atoms with Crippen molar-refractivity contribution in [2.45, 2.75) is 38.5 Å². The van der Waals surface area contributed by atoms with Crippen molar-refractivity contribution < 1.29 is 17.9 Å². The van der Waals surface area contributed by atoms with Crippen LogP contribution in [0.5, 0.6) is 0 Å². The Morgan fingerprint density at radius 3 is 2.58 bits per heavy atom. The van der Waals surface area contributed by atoms with Crippen LogP contribution in [-0.2, 0) is 16.6 Å². The van der Waals surface area contributed by atoms with Crippen LogP contribution >= 0.6 is 0 Å². The molecule has 6 nitrogen and oxygen atoms in total. The second-order valence-electron chi connectivity index (χ2n) is 4.66. The van der Waals surface area contributed by atoms with E-state index in [1.54, 1.807) is 6.07 Å². The van der Waals surface area contributed by atoms with Gasteiger partial charge in [0, 0.05) is 6.04 Å². The molecule has 0 aromatic carbocycles. The maximum atomic E-state index is 12.1. The molecule has 1 aromatic heterocycles. The molecule has 1 rings (SSSR count). The predicted molar refractivity (Wildman–Crippen MR) is 72.1 cm³/mol. The molecule has 0 amide bonds. The standard InChI is InChI=1S/C12H22N2O4S/c1-4-13-7-10-5-6-12(18-10)19(16,17)14-11(8-15)9(2)3/h5-6,9,11,13-15H,4,7-8H2,1-3H3/t11-/m1/s1. The van der Waals surface area contributed by atoms with Crippen molar-refractivity contribution in [3.63, 3.8) is 0 Å². The molecule has 0 unspecified atom stereocenters. The molecule has 1 aromatic rings. The van der Waals surface area contributed by atoms with E-state index in [1.807, 2.05) is 20.8 Å². The Bertz CT molecular complexity index is 482.